The first-order chi connectivity index (χ1) is 28.6. The average Bonchev–Trinajstić information content (AvgIpc) is 3.91. The summed E-state index contributed by atoms with van der Waals surface area (Å²) in [5.41, 5.74) is 2.83. The summed E-state index contributed by atoms with van der Waals surface area (Å²) in [6, 6.07) is 48.9. The van der Waals surface area contributed by atoms with Crippen LogP contribution in [-0.2, 0) is 34.6 Å². The number of benzene rings is 4. The molecule has 0 N–H and O–H groups in total. The summed E-state index contributed by atoms with van der Waals surface area (Å²) in [5.74, 6) is 0. The summed E-state index contributed by atoms with van der Waals surface area (Å²) in [6.07, 6.45) is 30.4. The first-order valence-corrected chi connectivity index (χ1v) is 27.0. The van der Waals surface area contributed by atoms with Crippen LogP contribution in [0, 0.1) is 0 Å². The third-order valence-corrected chi connectivity index (χ3v) is 16.9. The Morgan fingerprint density at radius 1 is 0.356 bits per heavy atom. The van der Waals surface area contributed by atoms with E-state index >= 15 is 0 Å². The van der Waals surface area contributed by atoms with E-state index in [0.29, 0.717) is 0 Å². The Kier molecular flexibility index (Phi) is 28.0. The molecule has 0 radical (unpaired) electrons. The minimum absolute atomic E-state index is 0. The van der Waals surface area contributed by atoms with Crippen LogP contribution in [-0.4, -0.2) is 24.6 Å². The molecule has 0 atom stereocenters. The van der Waals surface area contributed by atoms with Crippen molar-refractivity contribution in [3.8, 4) is 0 Å². The maximum Gasteiger partial charge on any atom is 2.00 e. The van der Waals surface area contributed by atoms with Gasteiger partial charge in [-0.3, -0.25) is 0 Å². The fourth-order valence-corrected chi connectivity index (χ4v) is 13.1. The zero-order valence-electron chi connectivity index (χ0n) is 37.7. The second kappa shape index (κ2) is 32.4. The molecule has 0 aliphatic carbocycles. The van der Waals surface area contributed by atoms with Crippen LogP contribution in [0.25, 0.3) is 21.5 Å². The molecule has 6 aromatic carbocycles. The van der Waals surface area contributed by atoms with Crippen molar-refractivity contribution in [1.29, 1.82) is 0 Å². The normalized spacial score (nSPS) is 11.0. The minimum Gasteiger partial charge on any atom is -0.161 e. The van der Waals surface area contributed by atoms with Crippen LogP contribution in [0.5, 0.6) is 0 Å². The van der Waals surface area contributed by atoms with Gasteiger partial charge in [-0.25, -0.2) is 0 Å². The van der Waals surface area contributed by atoms with E-state index in [-0.39, 0.29) is 37.6 Å². The van der Waals surface area contributed by atoms with Crippen LogP contribution in [0.2, 0.25) is 0 Å². The molecule has 0 bridgehead atoms. The molecule has 0 unspecified atom stereocenters. The standard InChI is InChI=1S/2C21H32P.C14H14.Ti/c2*1-3-5-7-11-15-22(16-12-8-6-4-2)21-17-19-13-9-10-14-20(19)18-21;1-3-7-13(8-4-1)11-12-14-9-5-2-6-10-14;/h2*9-10,13-14,17-18H,3-8,11-12,15-16H2,1-2H3;1-10H,11-12H2;/q2*-1;;+2. The molecule has 0 spiro atoms. The Labute approximate surface area is 379 Å². The molecule has 0 aliphatic rings. The average molecular weight is 861 g/mol. The zero-order chi connectivity index (χ0) is 40.9. The van der Waals surface area contributed by atoms with Gasteiger partial charge >= 0.3 is 21.7 Å². The van der Waals surface area contributed by atoms with Crippen LogP contribution < -0.4 is 10.6 Å². The molecule has 0 amide bonds. The van der Waals surface area contributed by atoms with Crippen LogP contribution in [0.15, 0.2) is 133 Å². The Hall–Kier alpha value is -2.33. The van der Waals surface area contributed by atoms with Crippen molar-refractivity contribution in [3.05, 3.63) is 145 Å². The van der Waals surface area contributed by atoms with Crippen molar-refractivity contribution in [2.24, 2.45) is 0 Å². The maximum absolute atomic E-state index is 2.47. The van der Waals surface area contributed by atoms with Gasteiger partial charge < -0.3 is 0 Å². The summed E-state index contributed by atoms with van der Waals surface area (Å²) in [5, 5.41) is 9.06. The van der Waals surface area contributed by atoms with Gasteiger partial charge in [-0.2, -0.15) is 12.1 Å². The van der Waals surface area contributed by atoms with Gasteiger partial charge in [0.1, 0.15) is 0 Å². The van der Waals surface area contributed by atoms with Crippen molar-refractivity contribution in [3.63, 3.8) is 0 Å². The molecule has 0 aliphatic heterocycles. The van der Waals surface area contributed by atoms with Crippen LogP contribution >= 0.6 is 15.8 Å². The molecule has 0 nitrogen and oxygen atoms in total. The maximum atomic E-state index is 2.47. The molecule has 0 fully saturated rings. The monoisotopic (exact) mass is 861 g/mol. The summed E-state index contributed by atoms with van der Waals surface area (Å²) >= 11 is 0. The number of unbranched alkanes of at least 4 members (excludes halogenated alkanes) is 12. The zero-order valence-corrected chi connectivity index (χ0v) is 41.0. The second-order valence-electron chi connectivity index (χ2n) is 16.4. The van der Waals surface area contributed by atoms with E-state index in [4.69, 9.17) is 0 Å². The first kappa shape index (κ1) is 51.0. The van der Waals surface area contributed by atoms with E-state index in [9.17, 15) is 0 Å². The molecule has 0 saturated heterocycles. The molecule has 0 aromatic heterocycles. The van der Waals surface area contributed by atoms with Crippen molar-refractivity contribution < 1.29 is 21.7 Å². The fourth-order valence-electron chi connectivity index (χ4n) is 7.87. The quantitative estimate of drug-likeness (QED) is 0.0233. The van der Waals surface area contributed by atoms with E-state index < -0.39 is 0 Å². The smallest absolute Gasteiger partial charge is 0.161 e. The summed E-state index contributed by atoms with van der Waals surface area (Å²) in [6.45, 7) is 9.21. The van der Waals surface area contributed by atoms with Gasteiger partial charge in [0.2, 0.25) is 0 Å². The summed E-state index contributed by atoms with van der Waals surface area (Å²) in [4.78, 5) is 0. The van der Waals surface area contributed by atoms with Crippen molar-refractivity contribution in [2.45, 2.75) is 143 Å². The molecule has 59 heavy (non-hydrogen) atoms. The number of hydrogen-bond acceptors (Lipinski definition) is 0. The van der Waals surface area contributed by atoms with Gasteiger partial charge in [-0.15, -0.1) is 80.7 Å². The van der Waals surface area contributed by atoms with Gasteiger partial charge in [0.15, 0.2) is 0 Å². The SMILES string of the molecule is CCCCCCP(CCCCCC)c1cc2ccccc2[cH-]1.CCCCCCP(CCCCCC)c1cc2ccccc2[cH-]1.[Ti+2].c1ccc(CCc2ccccc2)cc1. The number of fused-ring (bicyclic) bond motifs is 2. The van der Waals surface area contributed by atoms with Crippen LogP contribution in [0.1, 0.15) is 142 Å². The molecule has 6 rings (SSSR count). The van der Waals surface area contributed by atoms with Crippen LogP contribution in [0.3, 0.4) is 0 Å². The van der Waals surface area contributed by atoms with E-state index in [2.05, 4.69) is 161 Å². The Morgan fingerprint density at radius 2 is 0.661 bits per heavy atom. The molecule has 0 heterocycles. The molecular weight excluding hydrogens is 782 g/mol. The third kappa shape index (κ3) is 20.4. The molecule has 0 saturated carbocycles. The predicted octanol–water partition coefficient (Wildman–Crippen LogP) is 17.1. The van der Waals surface area contributed by atoms with Gasteiger partial charge in [0.25, 0.3) is 0 Å². The predicted molar refractivity (Wildman–Crippen MR) is 269 cm³/mol. The number of hydrogen-bond donors (Lipinski definition) is 0. The Bertz CT molecular complexity index is 1630. The minimum atomic E-state index is 0. The number of aryl methyl sites for hydroxylation is 2. The van der Waals surface area contributed by atoms with Crippen molar-refractivity contribution in [2.75, 3.05) is 24.6 Å². The summed E-state index contributed by atoms with van der Waals surface area (Å²) in [7, 11) is 0.128. The summed E-state index contributed by atoms with van der Waals surface area (Å²) < 4.78 is 0. The topological polar surface area (TPSA) is 0 Å². The van der Waals surface area contributed by atoms with Gasteiger partial charge in [-0.1, -0.05) is 193 Å². The van der Waals surface area contributed by atoms with Crippen LogP contribution in [0.4, 0.5) is 0 Å². The van der Waals surface area contributed by atoms with E-state index in [0.717, 1.165) is 12.8 Å². The second-order valence-corrected chi connectivity index (χ2v) is 21.4. The van der Waals surface area contributed by atoms with E-state index in [1.165, 1.54) is 160 Å². The fraction of sp³-hybridized carbons (Fsp3) is 0.464. The molecule has 6 aromatic rings. The van der Waals surface area contributed by atoms with E-state index in [1.54, 1.807) is 10.6 Å². The van der Waals surface area contributed by atoms with Crippen molar-refractivity contribution >= 4 is 48.0 Å². The Morgan fingerprint density at radius 3 is 0.966 bits per heavy atom. The van der Waals surface area contributed by atoms with E-state index in [1.807, 2.05) is 0 Å². The van der Waals surface area contributed by atoms with Crippen molar-refractivity contribution in [1.82, 2.24) is 0 Å². The Balaban J connectivity index is 0.000000240. The first-order valence-electron chi connectivity index (χ1n) is 23.5. The number of rotatable bonds is 25. The molecule has 3 heteroatoms. The van der Waals surface area contributed by atoms with Gasteiger partial charge in [0, 0.05) is 0 Å². The van der Waals surface area contributed by atoms with Gasteiger partial charge in [-0.05, 0) is 74.3 Å². The molecular formula is C56H78P2Ti. The molecule has 316 valence electrons. The van der Waals surface area contributed by atoms with Gasteiger partial charge in [0.05, 0.1) is 0 Å². The third-order valence-electron chi connectivity index (χ3n) is 11.5. The largest absolute Gasteiger partial charge is 2.00 e.